The normalized spacial score (nSPS) is 12.6. The maximum absolute atomic E-state index is 13.7. The maximum Gasteiger partial charge on any atom is 0.393 e. The van der Waals surface area contributed by atoms with E-state index in [1.54, 1.807) is 30.3 Å². The molecule has 0 aliphatic rings. The van der Waals surface area contributed by atoms with Crippen LogP contribution in [0.5, 0.6) is 0 Å². The Kier molecular flexibility index (Phi) is 7.36. The summed E-state index contributed by atoms with van der Waals surface area (Å²) < 4.78 is 50.5. The van der Waals surface area contributed by atoms with Gasteiger partial charge in [-0.3, -0.25) is 14.4 Å². The first-order valence-electron chi connectivity index (χ1n) is 9.11. The summed E-state index contributed by atoms with van der Waals surface area (Å²) in [6, 6.07) is 11.6. The molecule has 156 valence electrons. The van der Waals surface area contributed by atoms with Crippen molar-refractivity contribution in [1.82, 2.24) is 0 Å². The van der Waals surface area contributed by atoms with Crippen molar-refractivity contribution in [2.75, 3.05) is 13.2 Å². The lowest BCUT2D eigenvalue weighted by molar-refractivity contribution is -0.205. The van der Waals surface area contributed by atoms with Gasteiger partial charge in [0.2, 0.25) is 0 Å². The Bertz CT molecular complexity index is 873. The Morgan fingerprint density at radius 3 is 1.97 bits per heavy atom. The molecule has 29 heavy (non-hydrogen) atoms. The zero-order valence-electron chi connectivity index (χ0n) is 16.0. The molecule has 0 fully saturated rings. The van der Waals surface area contributed by atoms with Crippen LogP contribution in [-0.2, 0) is 19.1 Å². The number of carbonyl (C=O) groups is 3. The fourth-order valence-corrected chi connectivity index (χ4v) is 2.99. The summed E-state index contributed by atoms with van der Waals surface area (Å²) in [5.74, 6) is -8.38. The molecule has 2 aromatic rings. The number of hydrogen-bond acceptors (Lipinski definition) is 5. The van der Waals surface area contributed by atoms with E-state index in [9.17, 15) is 27.6 Å². The zero-order valence-corrected chi connectivity index (χ0v) is 16.0. The van der Waals surface area contributed by atoms with Crippen LogP contribution >= 0.6 is 0 Å². The van der Waals surface area contributed by atoms with Gasteiger partial charge in [0.15, 0.2) is 11.7 Å². The second-order valence-electron chi connectivity index (χ2n) is 6.32. The standard InChI is InChI=1S/C21H21F3O5/c1-3-28-19(26)18(20(27)29-4-2)16(21(22,23)24)12-17(25)15-10-9-13-7-5-6-8-14(13)11-15/h5-11,16,18H,3-4,12H2,1-2H3/t16-/m0/s1. The monoisotopic (exact) mass is 410 g/mol. The third-order valence-electron chi connectivity index (χ3n) is 4.38. The lowest BCUT2D eigenvalue weighted by Crippen LogP contribution is -2.42. The fraction of sp³-hybridized carbons (Fsp3) is 0.381. The fourth-order valence-electron chi connectivity index (χ4n) is 2.99. The summed E-state index contributed by atoms with van der Waals surface area (Å²) in [5, 5.41) is 1.52. The van der Waals surface area contributed by atoms with Gasteiger partial charge in [0.1, 0.15) is 0 Å². The van der Waals surface area contributed by atoms with Gasteiger partial charge in [0.25, 0.3) is 0 Å². The van der Waals surface area contributed by atoms with E-state index in [1.165, 1.54) is 26.0 Å². The summed E-state index contributed by atoms with van der Waals surface area (Å²) in [6.45, 7) is 2.39. The smallest absolute Gasteiger partial charge is 0.393 e. The van der Waals surface area contributed by atoms with Crippen LogP contribution in [0.1, 0.15) is 30.6 Å². The van der Waals surface area contributed by atoms with Crippen molar-refractivity contribution >= 4 is 28.5 Å². The first kappa shape index (κ1) is 22.4. The van der Waals surface area contributed by atoms with Crippen molar-refractivity contribution < 1.29 is 37.0 Å². The van der Waals surface area contributed by atoms with E-state index in [4.69, 9.17) is 0 Å². The van der Waals surface area contributed by atoms with E-state index in [0.29, 0.717) is 5.39 Å². The maximum atomic E-state index is 13.7. The number of Topliss-reactive ketones (excluding diaryl/α,β-unsaturated/α-hetero) is 1. The van der Waals surface area contributed by atoms with Crippen LogP contribution in [0.15, 0.2) is 42.5 Å². The molecule has 0 spiro atoms. The van der Waals surface area contributed by atoms with Crippen LogP contribution in [0.3, 0.4) is 0 Å². The number of hydrogen-bond donors (Lipinski definition) is 0. The third kappa shape index (κ3) is 5.56. The Labute approximate surface area is 165 Å². The van der Waals surface area contributed by atoms with Gasteiger partial charge >= 0.3 is 18.1 Å². The Hall–Kier alpha value is -2.90. The van der Waals surface area contributed by atoms with Crippen LogP contribution < -0.4 is 0 Å². The molecule has 0 unspecified atom stereocenters. The minimum absolute atomic E-state index is 0.0596. The lowest BCUT2D eigenvalue weighted by atomic mass is 9.85. The van der Waals surface area contributed by atoms with Crippen molar-refractivity contribution in [3.8, 4) is 0 Å². The molecule has 0 aliphatic heterocycles. The molecule has 2 aromatic carbocycles. The summed E-state index contributed by atoms with van der Waals surface area (Å²) in [7, 11) is 0. The second-order valence-corrected chi connectivity index (χ2v) is 6.32. The van der Waals surface area contributed by atoms with E-state index >= 15 is 0 Å². The van der Waals surface area contributed by atoms with Crippen LogP contribution in [-0.4, -0.2) is 37.1 Å². The van der Waals surface area contributed by atoms with Crippen LogP contribution in [0.4, 0.5) is 13.2 Å². The molecule has 1 atom stereocenters. The first-order valence-corrected chi connectivity index (χ1v) is 9.11. The van der Waals surface area contributed by atoms with Gasteiger partial charge in [0, 0.05) is 12.0 Å². The molecule has 0 N–H and O–H groups in total. The molecular weight excluding hydrogens is 389 g/mol. The molecule has 0 amide bonds. The largest absolute Gasteiger partial charge is 0.465 e. The average molecular weight is 410 g/mol. The number of fused-ring (bicyclic) bond motifs is 1. The SMILES string of the molecule is CCOC(=O)C(C(=O)OCC)[C@H](CC(=O)c1ccc2ccccc2c1)C(F)(F)F. The molecule has 0 aliphatic carbocycles. The predicted molar refractivity (Wildman–Crippen MR) is 99.2 cm³/mol. The van der Waals surface area contributed by atoms with Gasteiger partial charge in [-0.25, -0.2) is 0 Å². The molecule has 0 radical (unpaired) electrons. The topological polar surface area (TPSA) is 69.7 Å². The summed E-state index contributed by atoms with van der Waals surface area (Å²) in [6.07, 6.45) is -6.07. The van der Waals surface area contributed by atoms with Crippen molar-refractivity contribution in [3.63, 3.8) is 0 Å². The van der Waals surface area contributed by atoms with E-state index in [0.717, 1.165) is 5.39 Å². The Balaban J connectivity index is 2.37. The molecule has 2 rings (SSSR count). The molecule has 8 heteroatoms. The van der Waals surface area contributed by atoms with Gasteiger partial charge in [-0.05, 0) is 30.7 Å². The number of halogens is 3. The Morgan fingerprint density at radius 2 is 1.45 bits per heavy atom. The Morgan fingerprint density at radius 1 is 0.897 bits per heavy atom. The second kappa shape index (κ2) is 9.54. The minimum atomic E-state index is -4.99. The number of carbonyl (C=O) groups excluding carboxylic acids is 3. The van der Waals surface area contributed by atoms with Crippen molar-refractivity contribution in [2.45, 2.75) is 26.4 Å². The molecular formula is C21H21F3O5. The van der Waals surface area contributed by atoms with E-state index < -0.39 is 42.2 Å². The summed E-state index contributed by atoms with van der Waals surface area (Å²) in [4.78, 5) is 36.8. The molecule has 0 aromatic heterocycles. The molecule has 0 heterocycles. The molecule has 5 nitrogen and oxygen atoms in total. The van der Waals surface area contributed by atoms with Crippen LogP contribution in [0, 0.1) is 11.8 Å². The van der Waals surface area contributed by atoms with Gasteiger partial charge in [0.05, 0.1) is 19.1 Å². The predicted octanol–water partition coefficient (Wildman–Crippen LogP) is 4.33. The van der Waals surface area contributed by atoms with Crippen LogP contribution in [0.2, 0.25) is 0 Å². The lowest BCUT2D eigenvalue weighted by Gasteiger charge is -2.25. The number of benzene rings is 2. The van der Waals surface area contributed by atoms with Crippen molar-refractivity contribution in [3.05, 3.63) is 48.0 Å². The first-order chi connectivity index (χ1) is 13.7. The highest BCUT2D eigenvalue weighted by molar-refractivity contribution is 6.01. The summed E-state index contributed by atoms with van der Waals surface area (Å²) >= 11 is 0. The van der Waals surface area contributed by atoms with Crippen molar-refractivity contribution in [2.24, 2.45) is 11.8 Å². The highest BCUT2D eigenvalue weighted by Gasteiger charge is 2.52. The number of ether oxygens (including phenoxy) is 2. The number of alkyl halides is 3. The molecule has 0 saturated carbocycles. The number of esters is 2. The summed E-state index contributed by atoms with van der Waals surface area (Å²) in [5.41, 5.74) is 0.0596. The van der Waals surface area contributed by atoms with Gasteiger partial charge < -0.3 is 9.47 Å². The minimum Gasteiger partial charge on any atom is -0.465 e. The highest BCUT2D eigenvalue weighted by atomic mass is 19.4. The number of rotatable bonds is 8. The third-order valence-corrected chi connectivity index (χ3v) is 4.38. The molecule has 0 saturated heterocycles. The highest BCUT2D eigenvalue weighted by Crippen LogP contribution is 2.37. The van der Waals surface area contributed by atoms with E-state index in [1.807, 2.05) is 0 Å². The number of ketones is 1. The van der Waals surface area contributed by atoms with Gasteiger partial charge in [-0.2, -0.15) is 13.2 Å². The van der Waals surface area contributed by atoms with Gasteiger partial charge in [-0.1, -0.05) is 36.4 Å². The average Bonchev–Trinajstić information content (AvgIpc) is 2.66. The molecule has 0 bridgehead atoms. The van der Waals surface area contributed by atoms with Crippen LogP contribution in [0.25, 0.3) is 10.8 Å². The van der Waals surface area contributed by atoms with Crippen molar-refractivity contribution in [1.29, 1.82) is 0 Å². The quantitative estimate of drug-likeness (QED) is 0.368. The zero-order chi connectivity index (χ0) is 21.6. The van der Waals surface area contributed by atoms with E-state index in [-0.39, 0.29) is 18.8 Å². The van der Waals surface area contributed by atoms with Gasteiger partial charge in [-0.15, -0.1) is 0 Å². The van der Waals surface area contributed by atoms with E-state index in [2.05, 4.69) is 9.47 Å².